The molecule has 2 N–H and O–H groups in total. The van der Waals surface area contributed by atoms with Gasteiger partial charge in [0.2, 0.25) is 0 Å². The van der Waals surface area contributed by atoms with Crippen LogP contribution in [0.25, 0.3) is 0 Å². The molecule has 0 spiro atoms. The van der Waals surface area contributed by atoms with E-state index >= 15 is 0 Å². The summed E-state index contributed by atoms with van der Waals surface area (Å²) in [5, 5.41) is 0. The minimum atomic E-state index is -0.572. The monoisotopic (exact) mass is 217 g/mol. The van der Waals surface area contributed by atoms with Gasteiger partial charge in [0.15, 0.2) is 0 Å². The second kappa shape index (κ2) is 9.77. The third-order valence-electron chi connectivity index (χ3n) is 2.15. The Morgan fingerprint density at radius 2 is 1.87 bits per heavy atom. The highest BCUT2D eigenvalue weighted by atomic mass is 16.7. The van der Waals surface area contributed by atoms with E-state index in [0.29, 0.717) is 6.54 Å². The maximum Gasteiger partial charge on any atom is 0.508 e. The van der Waals surface area contributed by atoms with E-state index in [-0.39, 0.29) is 12.7 Å². The molecule has 0 aromatic heterocycles. The smallest absolute Gasteiger partial charge is 0.433 e. The molecule has 0 heterocycles. The lowest BCUT2D eigenvalue weighted by Gasteiger charge is -2.21. The van der Waals surface area contributed by atoms with Crippen LogP contribution in [0.1, 0.15) is 46.0 Å². The van der Waals surface area contributed by atoms with Crippen molar-refractivity contribution in [3.63, 3.8) is 0 Å². The van der Waals surface area contributed by atoms with Gasteiger partial charge in [0, 0.05) is 6.54 Å². The molecule has 0 unspecified atom stereocenters. The van der Waals surface area contributed by atoms with Crippen LogP contribution < -0.4 is 5.73 Å². The first-order valence-corrected chi connectivity index (χ1v) is 5.86. The van der Waals surface area contributed by atoms with Crippen molar-refractivity contribution in [1.29, 1.82) is 0 Å². The first kappa shape index (κ1) is 14.2. The van der Waals surface area contributed by atoms with Crippen molar-refractivity contribution in [3.05, 3.63) is 0 Å². The molecule has 1 rings (SSSR count). The first-order valence-electron chi connectivity index (χ1n) is 5.86. The van der Waals surface area contributed by atoms with Crippen LogP contribution in [0.2, 0.25) is 0 Å². The second-order valence-corrected chi connectivity index (χ2v) is 3.27. The molecule has 1 aliphatic carbocycles. The molecule has 15 heavy (non-hydrogen) atoms. The van der Waals surface area contributed by atoms with E-state index in [4.69, 9.17) is 15.2 Å². The molecule has 0 radical (unpaired) electrons. The van der Waals surface area contributed by atoms with Crippen LogP contribution in [-0.2, 0) is 9.47 Å². The average Bonchev–Trinajstić information content (AvgIpc) is 2.30. The molecule has 1 fully saturated rings. The van der Waals surface area contributed by atoms with E-state index < -0.39 is 6.16 Å². The van der Waals surface area contributed by atoms with Gasteiger partial charge in [-0.1, -0.05) is 20.3 Å². The highest BCUT2D eigenvalue weighted by Gasteiger charge is 2.17. The maximum atomic E-state index is 11.0. The Morgan fingerprint density at radius 1 is 1.27 bits per heavy atom. The molecule has 0 atom stereocenters. The minimum Gasteiger partial charge on any atom is -0.433 e. The van der Waals surface area contributed by atoms with Crippen molar-refractivity contribution in [2.75, 3.05) is 13.2 Å². The van der Waals surface area contributed by atoms with E-state index in [1.54, 1.807) is 0 Å². The lowest BCUT2D eigenvalue weighted by atomic mass is 9.98. The molecular formula is C11H23NO3. The van der Waals surface area contributed by atoms with Crippen LogP contribution in [-0.4, -0.2) is 25.4 Å². The van der Waals surface area contributed by atoms with Gasteiger partial charge in [-0.25, -0.2) is 4.79 Å². The predicted octanol–water partition coefficient (Wildman–Crippen LogP) is 2.46. The van der Waals surface area contributed by atoms with Crippen LogP contribution in [0.5, 0.6) is 0 Å². The number of carbonyl (C=O) groups is 1. The summed E-state index contributed by atoms with van der Waals surface area (Å²) in [6.07, 6.45) is 4.98. The van der Waals surface area contributed by atoms with Gasteiger partial charge in [0.1, 0.15) is 12.7 Å². The number of ether oxygens (including phenoxy) is 2. The highest BCUT2D eigenvalue weighted by molar-refractivity contribution is 5.60. The van der Waals surface area contributed by atoms with Crippen molar-refractivity contribution < 1.29 is 14.3 Å². The second-order valence-electron chi connectivity index (χ2n) is 3.27. The van der Waals surface area contributed by atoms with E-state index in [1.807, 2.05) is 13.8 Å². The maximum absolute atomic E-state index is 11.0. The zero-order valence-electron chi connectivity index (χ0n) is 9.83. The quantitative estimate of drug-likeness (QED) is 0.738. The van der Waals surface area contributed by atoms with Crippen LogP contribution in [0.4, 0.5) is 4.79 Å². The van der Waals surface area contributed by atoms with Gasteiger partial charge in [-0.2, -0.15) is 0 Å². The Balaban J connectivity index is 0.000000921. The Labute approximate surface area is 92.1 Å². The zero-order chi connectivity index (χ0) is 11.5. The van der Waals surface area contributed by atoms with E-state index in [0.717, 1.165) is 25.7 Å². The van der Waals surface area contributed by atoms with Gasteiger partial charge < -0.3 is 15.2 Å². The average molecular weight is 217 g/mol. The molecule has 1 saturated carbocycles. The summed E-state index contributed by atoms with van der Waals surface area (Å²) in [5.74, 6) is 0. The molecule has 4 heteroatoms. The Kier molecular flexibility index (Phi) is 9.27. The van der Waals surface area contributed by atoms with Gasteiger partial charge in [-0.3, -0.25) is 0 Å². The topological polar surface area (TPSA) is 61.5 Å². The minimum absolute atomic E-state index is 0.0685. The van der Waals surface area contributed by atoms with Crippen molar-refractivity contribution in [3.8, 4) is 0 Å². The highest BCUT2D eigenvalue weighted by Crippen LogP contribution is 2.20. The normalized spacial score (nSPS) is 16.2. The van der Waals surface area contributed by atoms with Gasteiger partial charge in [-0.05, 0) is 25.7 Å². The summed E-state index contributed by atoms with van der Waals surface area (Å²) in [4.78, 5) is 11.0. The lowest BCUT2D eigenvalue weighted by molar-refractivity contribution is 0.0127. The first-order chi connectivity index (χ1) is 7.33. The summed E-state index contributed by atoms with van der Waals surface area (Å²) in [7, 11) is 0. The van der Waals surface area contributed by atoms with Gasteiger partial charge >= 0.3 is 6.16 Å². The zero-order valence-corrected chi connectivity index (χ0v) is 9.83. The Morgan fingerprint density at radius 3 is 2.40 bits per heavy atom. The lowest BCUT2D eigenvalue weighted by Crippen LogP contribution is -2.23. The Bertz CT molecular complexity index is 156. The van der Waals surface area contributed by atoms with Crippen LogP contribution in [0.3, 0.4) is 0 Å². The number of nitrogens with two attached hydrogens (primary N) is 1. The summed E-state index contributed by atoms with van der Waals surface area (Å²) in [5.41, 5.74) is 5.18. The number of hydrogen-bond donors (Lipinski definition) is 1. The Hall–Kier alpha value is -0.770. The largest absolute Gasteiger partial charge is 0.508 e. The predicted molar refractivity (Wildman–Crippen MR) is 59.7 cm³/mol. The van der Waals surface area contributed by atoms with E-state index in [2.05, 4.69) is 0 Å². The molecular weight excluding hydrogens is 194 g/mol. The van der Waals surface area contributed by atoms with Gasteiger partial charge in [0.25, 0.3) is 0 Å². The molecule has 0 aliphatic heterocycles. The number of carbonyl (C=O) groups excluding carboxylic acids is 1. The SMILES string of the molecule is CC.NCCOC(=O)OC1CCCCC1. The molecule has 0 saturated heterocycles. The molecule has 90 valence electrons. The fraction of sp³-hybridized carbons (Fsp3) is 0.909. The molecule has 0 bridgehead atoms. The molecule has 4 nitrogen and oxygen atoms in total. The molecule has 0 amide bonds. The van der Waals surface area contributed by atoms with Crippen molar-refractivity contribution in [1.82, 2.24) is 0 Å². The third kappa shape index (κ3) is 7.19. The van der Waals surface area contributed by atoms with E-state index in [9.17, 15) is 4.79 Å². The van der Waals surface area contributed by atoms with E-state index in [1.165, 1.54) is 6.42 Å². The summed E-state index contributed by atoms with van der Waals surface area (Å²) in [6, 6.07) is 0. The summed E-state index contributed by atoms with van der Waals surface area (Å²) in [6.45, 7) is 4.59. The molecule has 0 aromatic rings. The summed E-state index contributed by atoms with van der Waals surface area (Å²) >= 11 is 0. The van der Waals surface area contributed by atoms with Crippen molar-refractivity contribution in [2.24, 2.45) is 5.73 Å². The van der Waals surface area contributed by atoms with Crippen molar-refractivity contribution >= 4 is 6.16 Å². The summed E-state index contributed by atoms with van der Waals surface area (Å²) < 4.78 is 9.78. The number of hydrogen-bond acceptors (Lipinski definition) is 4. The van der Waals surface area contributed by atoms with Gasteiger partial charge in [-0.15, -0.1) is 0 Å². The van der Waals surface area contributed by atoms with Crippen LogP contribution in [0, 0.1) is 0 Å². The van der Waals surface area contributed by atoms with Crippen LogP contribution in [0.15, 0.2) is 0 Å². The number of rotatable bonds is 3. The van der Waals surface area contributed by atoms with Crippen LogP contribution >= 0.6 is 0 Å². The molecule has 0 aromatic carbocycles. The fourth-order valence-corrected chi connectivity index (χ4v) is 1.50. The molecule has 1 aliphatic rings. The fourth-order valence-electron chi connectivity index (χ4n) is 1.50. The van der Waals surface area contributed by atoms with Crippen molar-refractivity contribution in [2.45, 2.75) is 52.1 Å². The van der Waals surface area contributed by atoms with Gasteiger partial charge in [0.05, 0.1) is 0 Å². The third-order valence-corrected chi connectivity index (χ3v) is 2.15. The standard InChI is InChI=1S/C9H17NO3.C2H6/c10-6-7-12-9(11)13-8-4-2-1-3-5-8;1-2/h8H,1-7,10H2;1-2H3.